The fourth-order valence-electron chi connectivity index (χ4n) is 2.90. The van der Waals surface area contributed by atoms with E-state index in [2.05, 4.69) is 14.9 Å². The van der Waals surface area contributed by atoms with E-state index in [0.29, 0.717) is 5.02 Å². The van der Waals surface area contributed by atoms with Crippen LogP contribution in [0.1, 0.15) is 24.5 Å². The van der Waals surface area contributed by atoms with Gasteiger partial charge in [-0.2, -0.15) is 0 Å². The Kier molecular flexibility index (Phi) is 4.55. The number of rotatable bonds is 3. The molecule has 0 radical (unpaired) electrons. The van der Waals surface area contributed by atoms with Crippen molar-refractivity contribution >= 4 is 17.4 Å². The minimum atomic E-state index is -0.566. The molecule has 1 aliphatic rings. The van der Waals surface area contributed by atoms with Crippen molar-refractivity contribution in [3.8, 4) is 0 Å². The van der Waals surface area contributed by atoms with Gasteiger partial charge in [-0.3, -0.25) is 0 Å². The first-order chi connectivity index (χ1) is 10.6. The molecule has 0 saturated carbocycles. The van der Waals surface area contributed by atoms with Crippen LogP contribution in [0.2, 0.25) is 5.02 Å². The summed E-state index contributed by atoms with van der Waals surface area (Å²) in [6.45, 7) is 1.55. The highest BCUT2D eigenvalue weighted by atomic mass is 35.5. The van der Waals surface area contributed by atoms with Crippen LogP contribution in [0.4, 0.5) is 10.2 Å². The predicted octanol–water partition coefficient (Wildman–Crippen LogP) is 3.22. The van der Waals surface area contributed by atoms with Crippen LogP contribution in [0, 0.1) is 11.7 Å². The second kappa shape index (κ2) is 6.58. The Morgan fingerprint density at radius 3 is 2.55 bits per heavy atom. The summed E-state index contributed by atoms with van der Waals surface area (Å²) >= 11 is 6.12. The van der Waals surface area contributed by atoms with E-state index in [1.807, 2.05) is 0 Å². The Morgan fingerprint density at radius 1 is 1.23 bits per heavy atom. The molecule has 1 unspecified atom stereocenters. The van der Waals surface area contributed by atoms with Crippen molar-refractivity contribution in [1.82, 2.24) is 9.97 Å². The van der Waals surface area contributed by atoms with Gasteiger partial charge in [-0.05, 0) is 36.5 Å². The number of aliphatic hydroxyl groups is 1. The lowest BCUT2D eigenvalue weighted by molar-refractivity contribution is 0.0928. The minimum Gasteiger partial charge on any atom is -0.388 e. The maximum atomic E-state index is 13.0. The quantitative estimate of drug-likeness (QED) is 0.943. The maximum absolute atomic E-state index is 13.0. The molecule has 2 heterocycles. The molecule has 1 aromatic heterocycles. The van der Waals surface area contributed by atoms with E-state index in [0.717, 1.165) is 37.3 Å². The maximum Gasteiger partial charge on any atom is 0.150 e. The van der Waals surface area contributed by atoms with E-state index >= 15 is 0 Å². The summed E-state index contributed by atoms with van der Waals surface area (Å²) in [5.41, 5.74) is 0.764. The second-order valence-electron chi connectivity index (χ2n) is 5.52. The Morgan fingerprint density at radius 2 is 1.91 bits per heavy atom. The minimum absolute atomic E-state index is 0.155. The molecule has 1 aromatic carbocycles. The molecule has 1 saturated heterocycles. The van der Waals surface area contributed by atoms with Crippen molar-refractivity contribution in [3.63, 3.8) is 0 Å². The van der Waals surface area contributed by atoms with Crippen molar-refractivity contribution in [2.45, 2.75) is 18.9 Å². The van der Waals surface area contributed by atoms with Crippen molar-refractivity contribution < 1.29 is 9.50 Å². The molecule has 1 fully saturated rings. The SMILES string of the molecule is OC(c1ccc(F)cc1)C1CCN(c2ncncc2Cl)CC1. The average Bonchev–Trinajstić information content (AvgIpc) is 2.56. The largest absolute Gasteiger partial charge is 0.388 e. The number of aliphatic hydroxyl groups excluding tert-OH is 1. The lowest BCUT2D eigenvalue weighted by atomic mass is 9.87. The smallest absolute Gasteiger partial charge is 0.150 e. The zero-order chi connectivity index (χ0) is 15.5. The summed E-state index contributed by atoms with van der Waals surface area (Å²) in [6.07, 6.45) is 4.17. The third kappa shape index (κ3) is 3.20. The highest BCUT2D eigenvalue weighted by Gasteiger charge is 2.27. The number of anilines is 1. The number of nitrogens with zero attached hydrogens (tertiary/aromatic N) is 3. The molecular formula is C16H17ClFN3O. The molecular weight excluding hydrogens is 305 g/mol. The van der Waals surface area contributed by atoms with Crippen LogP contribution in [0.25, 0.3) is 0 Å². The van der Waals surface area contributed by atoms with Crippen LogP contribution >= 0.6 is 11.6 Å². The Labute approximate surface area is 133 Å². The van der Waals surface area contributed by atoms with Gasteiger partial charge in [-0.1, -0.05) is 23.7 Å². The molecule has 1 N–H and O–H groups in total. The predicted molar refractivity (Wildman–Crippen MR) is 83.3 cm³/mol. The fourth-order valence-corrected chi connectivity index (χ4v) is 3.12. The highest BCUT2D eigenvalue weighted by molar-refractivity contribution is 6.32. The van der Waals surface area contributed by atoms with Crippen LogP contribution in [-0.2, 0) is 0 Å². The average molecular weight is 322 g/mol. The molecule has 116 valence electrons. The standard InChI is InChI=1S/C16H17ClFN3O/c17-14-9-19-10-20-16(14)21-7-5-12(6-8-21)15(22)11-1-3-13(18)4-2-11/h1-4,9-10,12,15,22H,5-8H2. The van der Waals surface area contributed by atoms with Gasteiger partial charge in [0.15, 0.2) is 5.82 Å². The van der Waals surface area contributed by atoms with Gasteiger partial charge in [0.25, 0.3) is 0 Å². The fraction of sp³-hybridized carbons (Fsp3) is 0.375. The van der Waals surface area contributed by atoms with E-state index in [1.165, 1.54) is 18.5 Å². The van der Waals surface area contributed by atoms with Gasteiger partial charge in [0.05, 0.1) is 12.3 Å². The van der Waals surface area contributed by atoms with Crippen molar-refractivity contribution in [2.24, 2.45) is 5.92 Å². The molecule has 0 amide bonds. The molecule has 3 rings (SSSR count). The summed E-state index contributed by atoms with van der Waals surface area (Å²) in [4.78, 5) is 10.2. The van der Waals surface area contributed by atoms with Gasteiger partial charge >= 0.3 is 0 Å². The van der Waals surface area contributed by atoms with Crippen LogP contribution in [0.15, 0.2) is 36.8 Å². The third-order valence-corrected chi connectivity index (χ3v) is 4.41. The van der Waals surface area contributed by atoms with Gasteiger partial charge in [-0.25, -0.2) is 14.4 Å². The van der Waals surface area contributed by atoms with Gasteiger partial charge in [0, 0.05) is 13.1 Å². The molecule has 1 atom stereocenters. The summed E-state index contributed by atoms with van der Waals surface area (Å²) in [5.74, 6) is 0.609. The number of benzene rings is 1. The van der Waals surface area contributed by atoms with Crippen LogP contribution in [-0.4, -0.2) is 28.2 Å². The number of aromatic nitrogens is 2. The van der Waals surface area contributed by atoms with Crippen LogP contribution < -0.4 is 4.90 Å². The van der Waals surface area contributed by atoms with E-state index < -0.39 is 6.10 Å². The molecule has 22 heavy (non-hydrogen) atoms. The highest BCUT2D eigenvalue weighted by Crippen LogP contribution is 2.33. The molecule has 0 aliphatic carbocycles. The zero-order valence-corrected chi connectivity index (χ0v) is 12.7. The van der Waals surface area contributed by atoms with Gasteiger partial charge in [0.2, 0.25) is 0 Å². The molecule has 1 aliphatic heterocycles. The van der Waals surface area contributed by atoms with Gasteiger partial charge in [0.1, 0.15) is 17.2 Å². The Bertz CT molecular complexity index is 630. The van der Waals surface area contributed by atoms with Crippen LogP contribution in [0.5, 0.6) is 0 Å². The number of hydrogen-bond donors (Lipinski definition) is 1. The van der Waals surface area contributed by atoms with E-state index in [1.54, 1.807) is 18.3 Å². The summed E-state index contributed by atoms with van der Waals surface area (Å²) in [6, 6.07) is 6.06. The summed E-state index contributed by atoms with van der Waals surface area (Å²) < 4.78 is 13.0. The zero-order valence-electron chi connectivity index (χ0n) is 12.0. The first-order valence-electron chi connectivity index (χ1n) is 7.29. The number of piperidine rings is 1. The lowest BCUT2D eigenvalue weighted by Gasteiger charge is -2.35. The van der Waals surface area contributed by atoms with Crippen molar-refractivity contribution in [2.75, 3.05) is 18.0 Å². The molecule has 2 aromatic rings. The molecule has 0 spiro atoms. The van der Waals surface area contributed by atoms with Crippen molar-refractivity contribution in [3.05, 3.63) is 53.2 Å². The Hall–Kier alpha value is -1.72. The monoisotopic (exact) mass is 321 g/mol. The second-order valence-corrected chi connectivity index (χ2v) is 5.92. The topological polar surface area (TPSA) is 49.2 Å². The summed E-state index contributed by atoms with van der Waals surface area (Å²) in [5, 5.41) is 11.0. The van der Waals surface area contributed by atoms with Gasteiger partial charge in [-0.15, -0.1) is 0 Å². The Balaban J connectivity index is 1.64. The first kappa shape index (κ1) is 15.2. The number of halogens is 2. The van der Waals surface area contributed by atoms with E-state index in [4.69, 9.17) is 11.6 Å². The number of hydrogen-bond acceptors (Lipinski definition) is 4. The summed E-state index contributed by atoms with van der Waals surface area (Å²) in [7, 11) is 0. The van der Waals surface area contributed by atoms with E-state index in [9.17, 15) is 9.50 Å². The first-order valence-corrected chi connectivity index (χ1v) is 7.67. The molecule has 6 heteroatoms. The van der Waals surface area contributed by atoms with Gasteiger partial charge < -0.3 is 10.0 Å². The van der Waals surface area contributed by atoms with E-state index in [-0.39, 0.29) is 11.7 Å². The van der Waals surface area contributed by atoms with Crippen LogP contribution in [0.3, 0.4) is 0 Å². The molecule has 4 nitrogen and oxygen atoms in total. The normalized spacial score (nSPS) is 17.5. The third-order valence-electron chi connectivity index (χ3n) is 4.15. The molecule has 0 bridgehead atoms. The lowest BCUT2D eigenvalue weighted by Crippen LogP contribution is -2.36. The van der Waals surface area contributed by atoms with Crippen molar-refractivity contribution in [1.29, 1.82) is 0 Å².